The van der Waals surface area contributed by atoms with E-state index in [2.05, 4.69) is 0 Å². The van der Waals surface area contributed by atoms with Gasteiger partial charge in [-0.2, -0.15) is 0 Å². The monoisotopic (exact) mass is 416 g/mol. The molecule has 3 rings (SSSR count). The number of nitrogens with two attached hydrogens (primary N) is 1. The van der Waals surface area contributed by atoms with Crippen LogP contribution >= 0.6 is 11.6 Å². The average Bonchev–Trinajstić information content (AvgIpc) is 2.98. The third-order valence-electron chi connectivity index (χ3n) is 5.27. The number of carbonyl (C=O) groups is 2. The van der Waals surface area contributed by atoms with Crippen LogP contribution in [0.4, 0.5) is 4.39 Å². The number of nitrogens with zero attached hydrogens (tertiary/aromatic N) is 1. The van der Waals surface area contributed by atoms with Crippen molar-refractivity contribution in [2.45, 2.75) is 39.0 Å². The predicted molar refractivity (Wildman–Crippen MR) is 111 cm³/mol. The number of hydrogen-bond donors (Lipinski definition) is 2. The fraction of sp³-hybridized carbons (Fsp3) is 0.273. The number of carbonyl (C=O) groups excluding carboxylic acids is 2. The molecule has 0 radical (unpaired) electrons. The number of amides is 1. The fourth-order valence-electron chi connectivity index (χ4n) is 3.83. The van der Waals surface area contributed by atoms with Gasteiger partial charge in [0.1, 0.15) is 0 Å². The Morgan fingerprint density at radius 1 is 1.21 bits per heavy atom. The van der Waals surface area contributed by atoms with Crippen molar-refractivity contribution in [3.05, 3.63) is 64.1 Å². The summed E-state index contributed by atoms with van der Waals surface area (Å²) in [6.45, 7) is 3.67. The van der Waals surface area contributed by atoms with Crippen molar-refractivity contribution >= 4 is 34.3 Å². The SMILES string of the molecule is CC[C@@H](CCC(N)=O)c1c(C)n(C(=O)c2ccc(Cl)cc2)c2ccc(O)c(F)c12. The molecule has 0 bridgehead atoms. The number of aromatic nitrogens is 1. The van der Waals surface area contributed by atoms with Crippen LogP contribution in [0, 0.1) is 12.7 Å². The Labute approximate surface area is 172 Å². The molecule has 0 spiro atoms. The number of hydrogen-bond acceptors (Lipinski definition) is 3. The van der Waals surface area contributed by atoms with Crippen molar-refractivity contribution < 1.29 is 19.1 Å². The van der Waals surface area contributed by atoms with Gasteiger partial charge in [0.15, 0.2) is 11.6 Å². The van der Waals surface area contributed by atoms with Crippen LogP contribution in [0.15, 0.2) is 36.4 Å². The van der Waals surface area contributed by atoms with Gasteiger partial charge in [0.05, 0.1) is 5.52 Å². The Hall–Kier alpha value is -2.86. The Balaban J connectivity index is 2.25. The summed E-state index contributed by atoms with van der Waals surface area (Å²) in [5.41, 5.74) is 7.25. The van der Waals surface area contributed by atoms with E-state index in [4.69, 9.17) is 17.3 Å². The second-order valence-electron chi connectivity index (χ2n) is 7.05. The third kappa shape index (κ3) is 3.85. The largest absolute Gasteiger partial charge is 0.505 e. The molecular formula is C22H22ClFN2O3. The smallest absolute Gasteiger partial charge is 0.262 e. The number of aromatic hydroxyl groups is 1. The molecule has 0 aliphatic carbocycles. The molecule has 0 saturated carbocycles. The molecule has 0 fully saturated rings. The van der Waals surface area contributed by atoms with Gasteiger partial charge in [0, 0.05) is 28.1 Å². The van der Waals surface area contributed by atoms with Crippen molar-refractivity contribution in [2.24, 2.45) is 5.73 Å². The highest BCUT2D eigenvalue weighted by molar-refractivity contribution is 6.30. The van der Waals surface area contributed by atoms with Crippen LogP contribution in [0.5, 0.6) is 5.75 Å². The lowest BCUT2D eigenvalue weighted by Gasteiger charge is -2.16. The van der Waals surface area contributed by atoms with E-state index in [0.29, 0.717) is 40.2 Å². The quantitative estimate of drug-likeness (QED) is 0.599. The molecule has 1 atom stereocenters. The van der Waals surface area contributed by atoms with Gasteiger partial charge in [0.2, 0.25) is 5.91 Å². The van der Waals surface area contributed by atoms with E-state index in [1.54, 1.807) is 31.2 Å². The maximum atomic E-state index is 15.0. The summed E-state index contributed by atoms with van der Waals surface area (Å²) >= 11 is 5.92. The highest BCUT2D eigenvalue weighted by Gasteiger charge is 2.27. The highest BCUT2D eigenvalue weighted by atomic mass is 35.5. The van der Waals surface area contributed by atoms with Gasteiger partial charge in [-0.3, -0.25) is 14.2 Å². The van der Waals surface area contributed by atoms with Crippen LogP contribution in [-0.4, -0.2) is 21.5 Å². The summed E-state index contributed by atoms with van der Waals surface area (Å²) in [5.74, 6) is -2.23. The average molecular weight is 417 g/mol. The molecule has 5 nitrogen and oxygen atoms in total. The summed E-state index contributed by atoms with van der Waals surface area (Å²) in [7, 11) is 0. The first-order valence-electron chi connectivity index (χ1n) is 9.37. The van der Waals surface area contributed by atoms with Crippen molar-refractivity contribution in [1.29, 1.82) is 0 Å². The first kappa shape index (κ1) is 20.9. The lowest BCUT2D eigenvalue weighted by Crippen LogP contribution is -2.15. The van der Waals surface area contributed by atoms with Crippen molar-refractivity contribution in [2.75, 3.05) is 0 Å². The van der Waals surface area contributed by atoms with E-state index >= 15 is 0 Å². The summed E-state index contributed by atoms with van der Waals surface area (Å²) in [6.07, 6.45) is 1.20. The molecule has 29 heavy (non-hydrogen) atoms. The number of phenols is 1. The van der Waals surface area contributed by atoms with Crippen LogP contribution in [0.3, 0.4) is 0 Å². The molecule has 2 aromatic carbocycles. The first-order chi connectivity index (χ1) is 13.8. The number of rotatable bonds is 6. The summed E-state index contributed by atoms with van der Waals surface area (Å²) in [4.78, 5) is 24.5. The number of phenolic OH excluding ortho intramolecular Hbond substituents is 1. The van der Waals surface area contributed by atoms with Crippen LogP contribution in [-0.2, 0) is 4.79 Å². The van der Waals surface area contributed by atoms with Gasteiger partial charge in [-0.25, -0.2) is 4.39 Å². The molecule has 7 heteroatoms. The number of benzene rings is 2. The number of primary amides is 1. The van der Waals surface area contributed by atoms with Gasteiger partial charge < -0.3 is 10.8 Å². The minimum atomic E-state index is -0.777. The van der Waals surface area contributed by atoms with Gasteiger partial charge in [0.25, 0.3) is 5.91 Å². The first-order valence-corrected chi connectivity index (χ1v) is 9.75. The van der Waals surface area contributed by atoms with E-state index in [1.165, 1.54) is 16.7 Å². The van der Waals surface area contributed by atoms with Crippen molar-refractivity contribution in [3.8, 4) is 5.75 Å². The lowest BCUT2D eigenvalue weighted by atomic mass is 9.89. The third-order valence-corrected chi connectivity index (χ3v) is 5.52. The van der Waals surface area contributed by atoms with Gasteiger partial charge >= 0.3 is 0 Å². The Morgan fingerprint density at radius 3 is 2.45 bits per heavy atom. The number of fused-ring (bicyclic) bond motifs is 1. The van der Waals surface area contributed by atoms with Crippen LogP contribution in [0.2, 0.25) is 5.02 Å². The standard InChI is InChI=1S/C22H22ClFN2O3/c1-3-13(6-11-18(25)28)19-12(2)26(16-9-10-17(27)21(24)20(16)19)22(29)14-4-7-15(23)8-5-14/h4-5,7-10,13,27H,3,6,11H2,1-2H3,(H2,25,28)/t13-/m0/s1. The number of halogens is 2. The minimum absolute atomic E-state index is 0.149. The van der Waals surface area contributed by atoms with Gasteiger partial charge in [-0.15, -0.1) is 0 Å². The molecule has 0 unspecified atom stereocenters. The predicted octanol–water partition coefficient (Wildman–Crippen LogP) is 4.90. The van der Waals surface area contributed by atoms with Crippen molar-refractivity contribution in [3.63, 3.8) is 0 Å². The topological polar surface area (TPSA) is 85.3 Å². The molecule has 0 aliphatic rings. The minimum Gasteiger partial charge on any atom is -0.505 e. The van der Waals surface area contributed by atoms with Gasteiger partial charge in [-0.05, 0) is 67.6 Å². The van der Waals surface area contributed by atoms with E-state index in [-0.39, 0.29) is 23.6 Å². The van der Waals surface area contributed by atoms with Gasteiger partial charge in [-0.1, -0.05) is 18.5 Å². The molecule has 1 heterocycles. The zero-order valence-electron chi connectivity index (χ0n) is 16.2. The molecule has 152 valence electrons. The maximum absolute atomic E-state index is 15.0. The Bertz CT molecular complexity index is 1090. The molecular weight excluding hydrogens is 395 g/mol. The zero-order chi connectivity index (χ0) is 21.3. The molecule has 3 aromatic rings. The van der Waals surface area contributed by atoms with E-state index in [1.807, 2.05) is 6.92 Å². The molecule has 1 aromatic heterocycles. The fourth-order valence-corrected chi connectivity index (χ4v) is 3.96. The second kappa shape index (κ2) is 8.25. The van der Waals surface area contributed by atoms with Crippen LogP contribution in [0.1, 0.15) is 53.7 Å². The normalized spacial score (nSPS) is 12.3. The van der Waals surface area contributed by atoms with E-state index < -0.39 is 17.5 Å². The Kier molecular flexibility index (Phi) is 5.94. The Morgan fingerprint density at radius 2 is 1.86 bits per heavy atom. The van der Waals surface area contributed by atoms with Crippen LogP contribution in [0.25, 0.3) is 10.9 Å². The van der Waals surface area contributed by atoms with Crippen LogP contribution < -0.4 is 5.73 Å². The van der Waals surface area contributed by atoms with E-state index in [0.717, 1.165) is 0 Å². The van der Waals surface area contributed by atoms with E-state index in [9.17, 15) is 19.1 Å². The molecule has 3 N–H and O–H groups in total. The summed E-state index contributed by atoms with van der Waals surface area (Å²) in [5, 5.41) is 10.6. The maximum Gasteiger partial charge on any atom is 0.262 e. The molecule has 0 saturated heterocycles. The lowest BCUT2D eigenvalue weighted by molar-refractivity contribution is -0.118. The summed E-state index contributed by atoms with van der Waals surface area (Å²) < 4.78 is 16.4. The summed E-state index contributed by atoms with van der Waals surface area (Å²) in [6, 6.07) is 9.21. The zero-order valence-corrected chi connectivity index (χ0v) is 17.0. The molecule has 1 amide bonds. The molecule has 0 aliphatic heterocycles. The second-order valence-corrected chi connectivity index (χ2v) is 7.49. The highest BCUT2D eigenvalue weighted by Crippen LogP contribution is 2.39. The van der Waals surface area contributed by atoms with Crippen molar-refractivity contribution in [1.82, 2.24) is 4.57 Å².